The molecule has 0 aromatic rings. The Morgan fingerprint density at radius 3 is 2.59 bits per heavy atom. The summed E-state index contributed by atoms with van der Waals surface area (Å²) in [6.07, 6.45) is -0.331. The summed E-state index contributed by atoms with van der Waals surface area (Å²) in [6, 6.07) is 0. The Morgan fingerprint density at radius 2 is 2.06 bits per heavy atom. The zero-order valence-corrected chi connectivity index (χ0v) is 10.2. The lowest BCUT2D eigenvalue weighted by Crippen LogP contribution is -2.42. The van der Waals surface area contributed by atoms with Crippen molar-refractivity contribution in [2.45, 2.75) is 63.4 Å². The van der Waals surface area contributed by atoms with Crippen molar-refractivity contribution in [3.63, 3.8) is 0 Å². The molecule has 1 fully saturated rings. The predicted octanol–water partition coefficient (Wildman–Crippen LogP) is 0.00740. The minimum atomic E-state index is -1.33. The number of carbonyl (C=O) groups is 1. The van der Waals surface area contributed by atoms with Crippen LogP contribution in [0.1, 0.15) is 39.0 Å². The van der Waals surface area contributed by atoms with Gasteiger partial charge in [-0.25, -0.2) is 0 Å². The van der Waals surface area contributed by atoms with E-state index in [1.54, 1.807) is 0 Å². The molecule has 0 aromatic carbocycles. The molecule has 0 amide bonds. The van der Waals surface area contributed by atoms with Gasteiger partial charge in [-0.15, -0.1) is 0 Å². The first-order valence-corrected chi connectivity index (χ1v) is 6.26. The third-order valence-electron chi connectivity index (χ3n) is 3.11. The number of ether oxygens (including phenoxy) is 1. The molecular weight excluding hydrogens is 224 g/mol. The van der Waals surface area contributed by atoms with Gasteiger partial charge in [-0.05, 0) is 6.42 Å². The Hall–Kier alpha value is -0.490. The SMILES string of the molecule is CCCCCCC(=O)C(O)[C@H]1OC[C@H](O)[C@@H]1O. The van der Waals surface area contributed by atoms with E-state index in [-0.39, 0.29) is 12.4 Å². The van der Waals surface area contributed by atoms with Crippen LogP contribution in [0, 0.1) is 0 Å². The monoisotopic (exact) mass is 246 g/mol. The molecule has 5 heteroatoms. The van der Waals surface area contributed by atoms with E-state index in [2.05, 4.69) is 6.92 Å². The standard InChI is InChI=1S/C12H22O5/c1-2-3-4-5-6-8(13)10(15)12-11(16)9(14)7-17-12/h9-12,14-16H,2-7H2,1H3/t9-,10?,11-,12+/m0/s1. The lowest BCUT2D eigenvalue weighted by atomic mass is 9.99. The minimum Gasteiger partial charge on any atom is -0.388 e. The number of hydrogen-bond donors (Lipinski definition) is 3. The van der Waals surface area contributed by atoms with Crippen molar-refractivity contribution in [3.8, 4) is 0 Å². The summed E-state index contributed by atoms with van der Waals surface area (Å²) in [5.41, 5.74) is 0. The Morgan fingerprint density at radius 1 is 1.35 bits per heavy atom. The van der Waals surface area contributed by atoms with Crippen LogP contribution >= 0.6 is 0 Å². The average Bonchev–Trinajstić information content (AvgIpc) is 2.64. The molecular formula is C12H22O5. The number of carbonyl (C=O) groups excluding carboxylic acids is 1. The van der Waals surface area contributed by atoms with Crippen molar-refractivity contribution in [1.82, 2.24) is 0 Å². The third-order valence-corrected chi connectivity index (χ3v) is 3.11. The van der Waals surface area contributed by atoms with Crippen LogP contribution in [0.3, 0.4) is 0 Å². The lowest BCUT2D eigenvalue weighted by molar-refractivity contribution is -0.137. The molecule has 100 valence electrons. The first-order chi connectivity index (χ1) is 8.07. The van der Waals surface area contributed by atoms with Crippen LogP contribution in [-0.4, -0.2) is 52.1 Å². The molecule has 1 unspecified atom stereocenters. The molecule has 1 rings (SSSR count). The highest BCUT2D eigenvalue weighted by Crippen LogP contribution is 2.19. The van der Waals surface area contributed by atoms with Gasteiger partial charge < -0.3 is 20.1 Å². The number of unbranched alkanes of at least 4 members (excludes halogenated alkanes) is 3. The number of aliphatic hydroxyl groups is 3. The van der Waals surface area contributed by atoms with Gasteiger partial charge in [0.1, 0.15) is 24.4 Å². The van der Waals surface area contributed by atoms with E-state index in [0.717, 1.165) is 25.7 Å². The van der Waals surface area contributed by atoms with Gasteiger partial charge in [-0.1, -0.05) is 26.2 Å². The van der Waals surface area contributed by atoms with Crippen molar-refractivity contribution < 1.29 is 24.9 Å². The second kappa shape index (κ2) is 7.06. The van der Waals surface area contributed by atoms with Gasteiger partial charge in [0.25, 0.3) is 0 Å². The normalized spacial score (nSPS) is 30.5. The zero-order valence-electron chi connectivity index (χ0n) is 10.2. The molecule has 0 saturated carbocycles. The maximum Gasteiger partial charge on any atom is 0.164 e. The molecule has 0 aliphatic carbocycles. The summed E-state index contributed by atoms with van der Waals surface area (Å²) < 4.78 is 5.02. The van der Waals surface area contributed by atoms with E-state index in [4.69, 9.17) is 4.74 Å². The Balaban J connectivity index is 2.31. The lowest BCUT2D eigenvalue weighted by Gasteiger charge is -2.19. The zero-order chi connectivity index (χ0) is 12.8. The van der Waals surface area contributed by atoms with Crippen LogP contribution < -0.4 is 0 Å². The van der Waals surface area contributed by atoms with Crippen LogP contribution in [-0.2, 0) is 9.53 Å². The number of ketones is 1. The van der Waals surface area contributed by atoms with Crippen LogP contribution in [0.2, 0.25) is 0 Å². The number of hydrogen-bond acceptors (Lipinski definition) is 5. The molecule has 0 spiro atoms. The van der Waals surface area contributed by atoms with Crippen molar-refractivity contribution in [1.29, 1.82) is 0 Å². The largest absolute Gasteiger partial charge is 0.388 e. The first kappa shape index (κ1) is 14.6. The molecule has 0 radical (unpaired) electrons. The first-order valence-electron chi connectivity index (χ1n) is 6.26. The fourth-order valence-electron chi connectivity index (χ4n) is 1.96. The van der Waals surface area contributed by atoms with Crippen molar-refractivity contribution in [2.75, 3.05) is 6.61 Å². The topological polar surface area (TPSA) is 87.0 Å². The molecule has 17 heavy (non-hydrogen) atoms. The van der Waals surface area contributed by atoms with Gasteiger partial charge in [-0.3, -0.25) is 4.79 Å². The Kier molecular flexibility index (Phi) is 6.05. The van der Waals surface area contributed by atoms with E-state index in [1.165, 1.54) is 0 Å². The highest BCUT2D eigenvalue weighted by Gasteiger charge is 2.41. The third kappa shape index (κ3) is 4.03. The van der Waals surface area contributed by atoms with Gasteiger partial charge in [-0.2, -0.15) is 0 Å². The highest BCUT2D eigenvalue weighted by molar-refractivity contribution is 5.83. The second-order valence-electron chi connectivity index (χ2n) is 4.58. The van der Waals surface area contributed by atoms with Crippen molar-refractivity contribution in [2.24, 2.45) is 0 Å². The van der Waals surface area contributed by atoms with Gasteiger partial charge in [0.15, 0.2) is 5.78 Å². The van der Waals surface area contributed by atoms with Crippen molar-refractivity contribution >= 4 is 5.78 Å². The summed E-state index contributed by atoms with van der Waals surface area (Å²) >= 11 is 0. The molecule has 1 aliphatic rings. The minimum absolute atomic E-state index is 0.0357. The van der Waals surface area contributed by atoms with Gasteiger partial charge in [0, 0.05) is 6.42 Å². The Labute approximate surface area is 101 Å². The van der Waals surface area contributed by atoms with Crippen molar-refractivity contribution in [3.05, 3.63) is 0 Å². The molecule has 1 aliphatic heterocycles. The summed E-state index contributed by atoms with van der Waals surface area (Å²) in [5, 5.41) is 28.5. The van der Waals surface area contributed by atoms with Crippen LogP contribution in [0.5, 0.6) is 0 Å². The molecule has 0 bridgehead atoms. The quantitative estimate of drug-likeness (QED) is 0.551. The Bertz CT molecular complexity index is 243. The van der Waals surface area contributed by atoms with Gasteiger partial charge in [0.2, 0.25) is 0 Å². The van der Waals surface area contributed by atoms with E-state index in [0.29, 0.717) is 6.42 Å². The average molecular weight is 246 g/mol. The number of Topliss-reactive ketones (excluding diaryl/α,β-unsaturated/α-hetero) is 1. The molecule has 1 heterocycles. The maximum atomic E-state index is 11.6. The molecule has 1 saturated heterocycles. The van der Waals surface area contributed by atoms with E-state index < -0.39 is 24.4 Å². The fraction of sp³-hybridized carbons (Fsp3) is 0.917. The van der Waals surface area contributed by atoms with Crippen LogP contribution in [0.4, 0.5) is 0 Å². The molecule has 4 atom stereocenters. The fourth-order valence-corrected chi connectivity index (χ4v) is 1.96. The number of aliphatic hydroxyl groups excluding tert-OH is 3. The number of rotatable bonds is 7. The van der Waals surface area contributed by atoms with E-state index >= 15 is 0 Å². The second-order valence-corrected chi connectivity index (χ2v) is 4.58. The molecule has 5 nitrogen and oxygen atoms in total. The van der Waals surface area contributed by atoms with E-state index in [9.17, 15) is 20.1 Å². The summed E-state index contributed by atoms with van der Waals surface area (Å²) in [6.45, 7) is 2.05. The van der Waals surface area contributed by atoms with Crippen LogP contribution in [0.25, 0.3) is 0 Å². The summed E-state index contributed by atoms with van der Waals surface area (Å²) in [5.74, 6) is -0.320. The molecule has 0 aromatic heterocycles. The predicted molar refractivity (Wildman–Crippen MR) is 61.5 cm³/mol. The van der Waals surface area contributed by atoms with E-state index in [1.807, 2.05) is 0 Å². The highest BCUT2D eigenvalue weighted by atomic mass is 16.5. The van der Waals surface area contributed by atoms with Crippen LogP contribution in [0.15, 0.2) is 0 Å². The van der Waals surface area contributed by atoms with Gasteiger partial charge in [0.05, 0.1) is 6.61 Å². The summed E-state index contributed by atoms with van der Waals surface area (Å²) in [7, 11) is 0. The smallest absolute Gasteiger partial charge is 0.164 e. The molecule has 3 N–H and O–H groups in total. The maximum absolute atomic E-state index is 11.6. The van der Waals surface area contributed by atoms with Gasteiger partial charge >= 0.3 is 0 Å². The summed E-state index contributed by atoms with van der Waals surface area (Å²) in [4.78, 5) is 11.6.